The van der Waals surface area contributed by atoms with Gasteiger partial charge in [0.25, 0.3) is 0 Å². The second-order valence-corrected chi connectivity index (χ2v) is 32.7. The molecule has 0 unspecified atom stereocenters. The van der Waals surface area contributed by atoms with Crippen molar-refractivity contribution in [2.24, 2.45) is 0 Å². The van der Waals surface area contributed by atoms with E-state index in [0.717, 1.165) is 78.4 Å². The molecule has 8 aromatic rings. The van der Waals surface area contributed by atoms with Crippen LogP contribution in [0, 0.1) is 0 Å². The van der Waals surface area contributed by atoms with E-state index < -0.39 is 0 Å². The van der Waals surface area contributed by atoms with Crippen LogP contribution in [-0.2, 0) is 35.8 Å². The first kappa shape index (κ1) is 79.0. The fourth-order valence-corrected chi connectivity index (χ4v) is 17.3. The van der Waals surface area contributed by atoms with E-state index in [4.69, 9.17) is 40.9 Å². The maximum absolute atomic E-state index is 9.17. The van der Waals surface area contributed by atoms with Gasteiger partial charge in [-0.2, -0.15) is 0 Å². The van der Waals surface area contributed by atoms with Crippen molar-refractivity contribution in [2.45, 2.75) is 47.4 Å². The van der Waals surface area contributed by atoms with Crippen molar-refractivity contribution in [3.05, 3.63) is 179 Å². The molecule has 8 nitrogen and oxygen atoms in total. The molecule has 8 aromatic carbocycles. The van der Waals surface area contributed by atoms with Crippen LogP contribution in [0.25, 0.3) is 0 Å². The van der Waals surface area contributed by atoms with Gasteiger partial charge in [-0.05, 0) is 0 Å². The average Bonchev–Trinajstić information content (AvgIpc) is 3.41. The monoisotopic (exact) mass is 2140 g/mol. The van der Waals surface area contributed by atoms with Crippen molar-refractivity contribution in [2.75, 3.05) is 0 Å². The van der Waals surface area contributed by atoms with Gasteiger partial charge in [-0.15, -0.1) is 0 Å². The van der Waals surface area contributed by atoms with Crippen molar-refractivity contribution >= 4 is 312 Å². The fraction of sp³-hybridized carbons (Fsp3) is 0.143. The van der Waals surface area contributed by atoms with Crippen LogP contribution in [-0.4, -0.2) is 295 Å². The summed E-state index contributed by atoms with van der Waals surface area (Å²) in [5.41, 5.74) is 6.66. The van der Waals surface area contributed by atoms with Crippen LogP contribution < -0.4 is 58.0 Å². The predicted octanol–water partition coefficient (Wildman–Crippen LogP) is -8.76. The van der Waals surface area contributed by atoms with E-state index in [1.807, 2.05) is 91.0 Å². The molecule has 0 heterocycles. The second-order valence-electron chi connectivity index (χ2n) is 15.7. The van der Waals surface area contributed by atoms with Crippen molar-refractivity contribution in [1.29, 1.82) is 0 Å². The summed E-state index contributed by atoms with van der Waals surface area (Å²) in [5, 5.41) is 74.5. The number of phenols is 5. The molecule has 0 aliphatic carbocycles. The maximum atomic E-state index is 9.17. The molecule has 0 spiro atoms. The van der Waals surface area contributed by atoms with Crippen LogP contribution in [0.2, 0.25) is 11.6 Å². The molecule has 0 aromatic heterocycles. The van der Waals surface area contributed by atoms with Gasteiger partial charge >= 0.3 is 608 Å². The van der Waals surface area contributed by atoms with Crippen molar-refractivity contribution < 1.29 is 40.9 Å². The third-order valence-corrected chi connectivity index (χ3v) is 24.9. The van der Waals surface area contributed by atoms with Crippen LogP contribution in [0.3, 0.4) is 0 Å². The molecule has 0 aliphatic rings. The van der Waals surface area contributed by atoms with Crippen molar-refractivity contribution in [3.63, 3.8) is 0 Å². The van der Waals surface area contributed by atoms with E-state index >= 15 is 0 Å². The fourth-order valence-electron chi connectivity index (χ4n) is 5.61. The molecule has 0 amide bonds. The van der Waals surface area contributed by atoms with Crippen LogP contribution in [0.1, 0.15) is 33.4 Å². The van der Waals surface area contributed by atoms with Crippen LogP contribution in [0.5, 0.6) is 28.7 Å². The average molecular weight is 2130 g/mol. The zero-order valence-electron chi connectivity index (χ0n) is 42.8. The SMILES string of the molecule is C[Se]c1cc(CO)ccc1[SeH].C[Se]c1cc(O)ccc1C[SeH].OCc1cc([SeH])cc([SeH])c1.OCc1ccc([SeH])c([SeH])c1.Oc1cc([SeH])cc(C[SeH])c1.Oc1cc([SeH])cc([SeH])c1.Oc1ccc(C[SeH])cc1[SeH].Oc1ccc([SeH])c([SeH])c1. The Morgan fingerprint density at radius 2 is 0.700 bits per heavy atom. The van der Waals surface area contributed by atoms with Crippen LogP contribution >= 0.6 is 0 Å². The van der Waals surface area contributed by atoms with Crippen LogP contribution in [0.4, 0.5) is 0 Å². The number of hydrogen-bond donors (Lipinski definition) is 8. The second kappa shape index (κ2) is 45.2. The van der Waals surface area contributed by atoms with Gasteiger partial charge in [0.15, 0.2) is 0 Å². The quantitative estimate of drug-likeness (QED) is 0.0698. The first-order valence-corrected chi connectivity index (χ1v) is 42.1. The van der Waals surface area contributed by atoms with E-state index in [-0.39, 0.29) is 19.8 Å². The molecule has 8 rings (SSSR count). The van der Waals surface area contributed by atoms with E-state index in [1.165, 1.54) is 29.0 Å². The Balaban J connectivity index is 0.000000458. The molecular weight excluding hydrogens is 2060 g/mol. The Hall–Kier alpha value is 0.952. The number of aliphatic hydroxyl groups excluding tert-OH is 3. The first-order valence-electron chi connectivity index (χ1n) is 22.7. The molecule has 8 N–H and O–H groups in total. The minimum atomic E-state index is 0.121. The van der Waals surface area contributed by atoms with Gasteiger partial charge in [-0.1, -0.05) is 0 Å². The third kappa shape index (κ3) is 34.5. The summed E-state index contributed by atoms with van der Waals surface area (Å²) in [6.07, 6.45) is 0. The van der Waals surface area contributed by atoms with Gasteiger partial charge in [0.2, 0.25) is 0 Å². The molecule has 80 heavy (non-hydrogen) atoms. The van der Waals surface area contributed by atoms with Gasteiger partial charge in [-0.25, -0.2) is 0 Å². The molecule has 432 valence electrons. The van der Waals surface area contributed by atoms with Crippen molar-refractivity contribution in [3.8, 4) is 28.7 Å². The van der Waals surface area contributed by atoms with Gasteiger partial charge in [-0.3, -0.25) is 0 Å². The molecule has 0 bridgehead atoms. The first-order chi connectivity index (χ1) is 37.8. The molecule has 0 saturated heterocycles. The van der Waals surface area contributed by atoms with Gasteiger partial charge in [0.05, 0.1) is 0 Å². The Bertz CT molecular complexity index is 2920. The summed E-state index contributed by atoms with van der Waals surface area (Å²) in [4.78, 5) is 0. The van der Waals surface area contributed by atoms with E-state index in [9.17, 15) is 0 Å². The zero-order chi connectivity index (χ0) is 60.5. The van der Waals surface area contributed by atoms with Crippen LogP contribution in [0.15, 0.2) is 146 Å². The molecule has 0 fully saturated rings. The summed E-state index contributed by atoms with van der Waals surface area (Å²) >= 11 is 35.4. The number of aliphatic hydroxyl groups is 3. The summed E-state index contributed by atoms with van der Waals surface area (Å²) in [5.74, 6) is 6.07. The van der Waals surface area contributed by atoms with Crippen molar-refractivity contribution in [1.82, 2.24) is 0 Å². The summed E-state index contributed by atoms with van der Waals surface area (Å²) in [6.45, 7) is 0.394. The summed E-state index contributed by atoms with van der Waals surface area (Å²) in [6, 6.07) is 45.3. The van der Waals surface area contributed by atoms with E-state index in [1.54, 1.807) is 48.5 Å². The number of benzene rings is 8. The Morgan fingerprint density at radius 1 is 0.300 bits per heavy atom. The Labute approximate surface area is 599 Å². The Morgan fingerprint density at radius 3 is 1.12 bits per heavy atom. The molecular formula is C56H64O8Se16. The molecule has 0 radical (unpaired) electrons. The minimum absolute atomic E-state index is 0.121. The standard InChI is InChI=1S/2C8H10OSe2.4C7H8OSe2.2C6H6OSe2/c1-11-8-4-7(9)3-2-6(8)5-10;1-11-8-4-6(5-9)2-3-7(8)10;8-6-1-5(4-9)2-7(10)3-6;8-4-5-1-6(9)3-7(10)2-5;8-6-2-1-5(4-9)3-7(6)10;8-4-5-1-2-6(9)7(10)3-5;7-4-1-5(8)3-6(9)2-4;7-4-1-2-5(8)6(9)3-4/h2*2-4,9-10H,5H2,1H3;4*1-3,8-10H,4H2;2*1-3,7-9H. The third-order valence-electron chi connectivity index (χ3n) is 9.45. The van der Waals surface area contributed by atoms with E-state index in [2.05, 4.69) is 242 Å². The molecule has 0 atom stereocenters. The Kier molecular flexibility index (Phi) is 44.7. The number of rotatable bonds is 8. The summed E-state index contributed by atoms with van der Waals surface area (Å²) < 4.78 is 14.7. The molecule has 0 aliphatic heterocycles. The van der Waals surface area contributed by atoms with Gasteiger partial charge in [0.1, 0.15) is 0 Å². The zero-order valence-corrected chi connectivity index (χ0v) is 72.5. The number of hydrogen-bond acceptors (Lipinski definition) is 8. The normalized spacial score (nSPS) is 9.84. The van der Waals surface area contributed by atoms with E-state index in [0.29, 0.717) is 58.7 Å². The van der Waals surface area contributed by atoms with Gasteiger partial charge in [0, 0.05) is 0 Å². The number of aromatic hydroxyl groups is 5. The molecule has 0 saturated carbocycles. The molecule has 24 heteroatoms. The summed E-state index contributed by atoms with van der Waals surface area (Å²) in [7, 11) is 0. The van der Waals surface area contributed by atoms with Gasteiger partial charge < -0.3 is 0 Å². The predicted molar refractivity (Wildman–Crippen MR) is 367 cm³/mol. The number of phenolic OH excluding ortho intramolecular Hbond substituents is 5. The topological polar surface area (TPSA) is 162 Å².